The van der Waals surface area contributed by atoms with Crippen LogP contribution in [0.5, 0.6) is 5.75 Å². The highest BCUT2D eigenvalue weighted by molar-refractivity contribution is 6.07. The molecule has 1 aromatic heterocycles. The Hall–Kier alpha value is -3.47. The average molecular weight is 466 g/mol. The van der Waals surface area contributed by atoms with E-state index in [0.29, 0.717) is 11.3 Å². The molecule has 0 unspecified atom stereocenters. The van der Waals surface area contributed by atoms with Crippen molar-refractivity contribution < 1.29 is 32.2 Å². The molecule has 7 nitrogen and oxygen atoms in total. The summed E-state index contributed by atoms with van der Waals surface area (Å²) >= 11 is 0. The number of hydrogen-bond acceptors (Lipinski definition) is 5. The van der Waals surface area contributed by atoms with Gasteiger partial charge in [0.25, 0.3) is 5.91 Å². The van der Waals surface area contributed by atoms with E-state index < -0.39 is 41.4 Å². The highest BCUT2D eigenvalue weighted by Gasteiger charge is 2.31. The van der Waals surface area contributed by atoms with Crippen molar-refractivity contribution in [3.05, 3.63) is 59.2 Å². The lowest BCUT2D eigenvalue weighted by Crippen LogP contribution is -2.21. The molecule has 176 valence electrons. The van der Waals surface area contributed by atoms with Gasteiger partial charge in [-0.1, -0.05) is 18.2 Å². The lowest BCUT2D eigenvalue weighted by atomic mass is 10.1. The van der Waals surface area contributed by atoms with Crippen LogP contribution in [0.15, 0.2) is 36.4 Å². The third-order valence-corrected chi connectivity index (χ3v) is 4.65. The highest BCUT2D eigenvalue weighted by atomic mass is 19.4. The molecule has 0 radical (unpaired) electrons. The number of aromatic nitrogens is 3. The number of carbonyl (C=O) groups excluding carboxylic acids is 1. The first-order chi connectivity index (χ1) is 15.3. The molecule has 0 aliphatic carbocycles. The van der Waals surface area contributed by atoms with E-state index in [2.05, 4.69) is 15.4 Å². The van der Waals surface area contributed by atoms with Gasteiger partial charge in [-0.05, 0) is 44.5 Å². The maximum absolute atomic E-state index is 15.0. The predicted octanol–water partition coefficient (Wildman–Crippen LogP) is 4.35. The van der Waals surface area contributed by atoms with Crippen molar-refractivity contribution in [3.63, 3.8) is 0 Å². The number of alkyl halides is 3. The standard InChI is InChI=1S/C22H22F4N4O3/c1-12-7-5-6-8-16(12)27-19(31)14-9-15(23)13(10-17(14)33-11-22(24,25)26)18-28-20(21(2,3)32)30(4)29-18/h5-10,32H,11H2,1-4H3,(H,27,31). The second-order valence-electron chi connectivity index (χ2n) is 7.94. The lowest BCUT2D eigenvalue weighted by molar-refractivity contribution is -0.153. The van der Waals surface area contributed by atoms with E-state index in [4.69, 9.17) is 4.74 Å². The summed E-state index contributed by atoms with van der Waals surface area (Å²) < 4.78 is 59.5. The Labute approximate surface area is 187 Å². The first-order valence-electron chi connectivity index (χ1n) is 9.80. The van der Waals surface area contributed by atoms with Crippen LogP contribution in [-0.4, -0.2) is 38.6 Å². The van der Waals surface area contributed by atoms with Crippen molar-refractivity contribution in [1.29, 1.82) is 0 Å². The summed E-state index contributed by atoms with van der Waals surface area (Å²) in [5.41, 5.74) is -1.000. The number of hydrogen-bond donors (Lipinski definition) is 2. The zero-order valence-corrected chi connectivity index (χ0v) is 18.3. The Morgan fingerprint density at radius 1 is 1.21 bits per heavy atom. The van der Waals surface area contributed by atoms with Crippen LogP contribution >= 0.6 is 0 Å². The molecule has 0 aliphatic rings. The summed E-state index contributed by atoms with van der Waals surface area (Å²) in [5.74, 6) is -2.37. The van der Waals surface area contributed by atoms with Gasteiger partial charge in [-0.2, -0.15) is 18.3 Å². The Kier molecular flexibility index (Phi) is 6.46. The molecule has 0 aliphatic heterocycles. The van der Waals surface area contributed by atoms with Crippen LogP contribution in [-0.2, 0) is 12.6 Å². The van der Waals surface area contributed by atoms with Crippen LogP contribution in [0.25, 0.3) is 11.4 Å². The number of aliphatic hydroxyl groups is 1. The third kappa shape index (κ3) is 5.67. The van der Waals surface area contributed by atoms with Gasteiger partial charge in [0.15, 0.2) is 18.3 Å². The molecule has 11 heteroatoms. The number of amides is 1. The van der Waals surface area contributed by atoms with Crippen LogP contribution in [0.4, 0.5) is 23.2 Å². The minimum absolute atomic E-state index is 0.107. The van der Waals surface area contributed by atoms with E-state index in [9.17, 15) is 27.5 Å². The Bertz CT molecular complexity index is 1180. The average Bonchev–Trinajstić information content (AvgIpc) is 3.09. The van der Waals surface area contributed by atoms with E-state index in [1.165, 1.54) is 25.6 Å². The van der Waals surface area contributed by atoms with Gasteiger partial charge in [0, 0.05) is 12.7 Å². The van der Waals surface area contributed by atoms with Crippen LogP contribution in [0, 0.1) is 12.7 Å². The molecule has 0 bridgehead atoms. The van der Waals surface area contributed by atoms with Gasteiger partial charge < -0.3 is 15.2 Å². The molecule has 33 heavy (non-hydrogen) atoms. The number of benzene rings is 2. The van der Waals surface area contributed by atoms with Gasteiger partial charge in [-0.15, -0.1) is 0 Å². The molecule has 2 aromatic carbocycles. The molecule has 1 amide bonds. The van der Waals surface area contributed by atoms with Crippen molar-refractivity contribution in [1.82, 2.24) is 14.8 Å². The molecule has 2 N–H and O–H groups in total. The van der Waals surface area contributed by atoms with E-state index in [-0.39, 0.29) is 17.2 Å². The quantitative estimate of drug-likeness (QED) is 0.528. The number of aryl methyl sites for hydroxylation is 2. The summed E-state index contributed by atoms with van der Waals surface area (Å²) in [5, 5.41) is 16.8. The van der Waals surface area contributed by atoms with Crippen molar-refractivity contribution in [2.45, 2.75) is 32.5 Å². The summed E-state index contributed by atoms with van der Waals surface area (Å²) in [6, 6.07) is 8.46. The zero-order chi connectivity index (χ0) is 24.6. The van der Waals surface area contributed by atoms with E-state index in [1.54, 1.807) is 31.2 Å². The zero-order valence-electron chi connectivity index (χ0n) is 18.3. The maximum atomic E-state index is 15.0. The third-order valence-electron chi connectivity index (χ3n) is 4.65. The summed E-state index contributed by atoms with van der Waals surface area (Å²) in [6.07, 6.45) is -4.68. The minimum atomic E-state index is -4.68. The number of para-hydroxylation sites is 1. The van der Waals surface area contributed by atoms with Crippen molar-refractivity contribution >= 4 is 11.6 Å². The number of halogens is 4. The predicted molar refractivity (Wildman–Crippen MR) is 112 cm³/mol. The first-order valence-corrected chi connectivity index (χ1v) is 9.80. The molecule has 0 saturated heterocycles. The fourth-order valence-corrected chi connectivity index (χ4v) is 3.12. The number of anilines is 1. The number of nitrogens with zero attached hydrogens (tertiary/aromatic N) is 3. The number of nitrogens with one attached hydrogen (secondary N) is 1. The van der Waals surface area contributed by atoms with Gasteiger partial charge in [0.1, 0.15) is 17.2 Å². The first kappa shape index (κ1) is 24.2. The monoisotopic (exact) mass is 466 g/mol. The Balaban J connectivity index is 2.06. The second kappa shape index (κ2) is 8.81. The number of ether oxygens (including phenoxy) is 1. The lowest BCUT2D eigenvalue weighted by Gasteiger charge is -2.15. The van der Waals surface area contributed by atoms with Crippen molar-refractivity contribution in [2.24, 2.45) is 7.05 Å². The van der Waals surface area contributed by atoms with Gasteiger partial charge in [-0.3, -0.25) is 4.79 Å². The van der Waals surface area contributed by atoms with Crippen molar-refractivity contribution in [3.8, 4) is 17.1 Å². The van der Waals surface area contributed by atoms with Gasteiger partial charge in [-0.25, -0.2) is 14.1 Å². The van der Waals surface area contributed by atoms with E-state index >= 15 is 0 Å². The summed E-state index contributed by atoms with van der Waals surface area (Å²) in [4.78, 5) is 16.9. The smallest absolute Gasteiger partial charge is 0.422 e. The van der Waals surface area contributed by atoms with Crippen LogP contribution in [0.1, 0.15) is 35.6 Å². The summed E-state index contributed by atoms with van der Waals surface area (Å²) in [6.45, 7) is 2.95. The molecule has 0 atom stereocenters. The molecule has 3 rings (SSSR count). The fraction of sp³-hybridized carbons (Fsp3) is 0.318. The molecule has 0 fully saturated rings. The van der Waals surface area contributed by atoms with Crippen LogP contribution in [0.2, 0.25) is 0 Å². The maximum Gasteiger partial charge on any atom is 0.422 e. The van der Waals surface area contributed by atoms with E-state index in [0.717, 1.165) is 12.1 Å². The molecule has 0 saturated carbocycles. The number of rotatable bonds is 6. The molecule has 1 heterocycles. The van der Waals surface area contributed by atoms with Crippen LogP contribution in [0.3, 0.4) is 0 Å². The van der Waals surface area contributed by atoms with Gasteiger partial charge in [0.2, 0.25) is 0 Å². The summed E-state index contributed by atoms with van der Waals surface area (Å²) in [7, 11) is 1.48. The molecular formula is C22H22F4N4O3. The van der Waals surface area contributed by atoms with Gasteiger partial charge in [0.05, 0.1) is 11.1 Å². The minimum Gasteiger partial charge on any atom is -0.483 e. The topological polar surface area (TPSA) is 89.3 Å². The second-order valence-corrected chi connectivity index (χ2v) is 7.94. The SMILES string of the molecule is Cc1ccccc1NC(=O)c1cc(F)c(-c2nc(C(C)(C)O)n(C)n2)cc1OCC(F)(F)F. The highest BCUT2D eigenvalue weighted by Crippen LogP contribution is 2.32. The molecule has 3 aromatic rings. The molecule has 0 spiro atoms. The largest absolute Gasteiger partial charge is 0.483 e. The Morgan fingerprint density at radius 2 is 1.88 bits per heavy atom. The molecular weight excluding hydrogens is 444 g/mol. The Morgan fingerprint density at radius 3 is 2.45 bits per heavy atom. The van der Waals surface area contributed by atoms with Gasteiger partial charge >= 0.3 is 6.18 Å². The van der Waals surface area contributed by atoms with Crippen molar-refractivity contribution in [2.75, 3.05) is 11.9 Å². The fourth-order valence-electron chi connectivity index (χ4n) is 3.12. The normalized spacial score (nSPS) is 12.0. The van der Waals surface area contributed by atoms with E-state index in [1.807, 2.05) is 0 Å². The number of carbonyl (C=O) groups is 1. The van der Waals surface area contributed by atoms with Crippen LogP contribution < -0.4 is 10.1 Å².